The van der Waals surface area contributed by atoms with E-state index in [1.54, 1.807) is 6.92 Å². The monoisotopic (exact) mass is 203 g/mol. The molecule has 2 aliphatic heterocycles. The molecule has 2 rings (SSSR count). The molecule has 1 amide bonds. The first-order chi connectivity index (χ1) is 6.09. The van der Waals surface area contributed by atoms with E-state index in [0.29, 0.717) is 12.3 Å². The summed E-state index contributed by atoms with van der Waals surface area (Å²) in [5, 5.41) is 2.61. The first-order valence-electron chi connectivity index (χ1n) is 4.19. The molecule has 0 aliphatic carbocycles. The highest BCUT2D eigenvalue weighted by atomic mass is 35.5. The Morgan fingerprint density at radius 3 is 2.77 bits per heavy atom. The van der Waals surface area contributed by atoms with Crippen LogP contribution >= 0.6 is 11.6 Å². The van der Waals surface area contributed by atoms with E-state index in [2.05, 4.69) is 5.32 Å². The summed E-state index contributed by atoms with van der Waals surface area (Å²) >= 11 is 5.56. The minimum Gasteiger partial charge on any atom is -0.454 e. The molecule has 0 aromatic carbocycles. The summed E-state index contributed by atoms with van der Waals surface area (Å²) in [5.74, 6) is -0.350. The number of nitrogens with one attached hydrogen (secondary N) is 1. The zero-order valence-corrected chi connectivity index (χ0v) is 7.93. The summed E-state index contributed by atoms with van der Waals surface area (Å²) in [6, 6.07) is -0.451. The Balaban J connectivity index is 2.20. The van der Waals surface area contributed by atoms with Crippen molar-refractivity contribution in [1.29, 1.82) is 0 Å². The summed E-state index contributed by atoms with van der Waals surface area (Å²) in [4.78, 5) is 22.3. The average Bonchev–Trinajstić information content (AvgIpc) is 2.26. The lowest BCUT2D eigenvalue weighted by Gasteiger charge is -2.41. The highest BCUT2D eigenvalue weighted by Gasteiger charge is 2.65. The third-order valence-electron chi connectivity index (χ3n) is 2.82. The molecule has 72 valence electrons. The van der Waals surface area contributed by atoms with E-state index in [0.717, 1.165) is 0 Å². The van der Waals surface area contributed by atoms with E-state index in [9.17, 15) is 9.59 Å². The quantitative estimate of drug-likeness (QED) is 0.510. The largest absolute Gasteiger partial charge is 0.454 e. The molecule has 0 saturated carbocycles. The molecule has 0 spiro atoms. The first kappa shape index (κ1) is 8.81. The predicted octanol–water partition coefficient (Wildman–Crippen LogP) is 0.0454. The standard InChI is InChI=1S/C8H10ClNO3/c1-8-4(2-3-9)6(11)10-5(8)7(12)13-8/h4-5H,2-3H2,1H3,(H,10,11). The van der Waals surface area contributed by atoms with Gasteiger partial charge < -0.3 is 10.1 Å². The highest BCUT2D eigenvalue weighted by molar-refractivity contribution is 6.18. The van der Waals surface area contributed by atoms with Gasteiger partial charge in [-0.25, -0.2) is 4.79 Å². The van der Waals surface area contributed by atoms with Crippen molar-refractivity contribution in [3.8, 4) is 0 Å². The van der Waals surface area contributed by atoms with Gasteiger partial charge in [0.2, 0.25) is 5.91 Å². The van der Waals surface area contributed by atoms with Crippen molar-refractivity contribution in [3.05, 3.63) is 0 Å². The lowest BCUT2D eigenvalue weighted by molar-refractivity contribution is -0.198. The van der Waals surface area contributed by atoms with Crippen molar-refractivity contribution in [2.75, 3.05) is 5.88 Å². The molecule has 13 heavy (non-hydrogen) atoms. The topological polar surface area (TPSA) is 55.4 Å². The zero-order valence-electron chi connectivity index (χ0n) is 7.17. The molecule has 1 N–H and O–H groups in total. The van der Waals surface area contributed by atoms with Crippen molar-refractivity contribution in [2.45, 2.75) is 25.0 Å². The van der Waals surface area contributed by atoms with Crippen LogP contribution in [0, 0.1) is 5.92 Å². The molecule has 4 nitrogen and oxygen atoms in total. The van der Waals surface area contributed by atoms with Gasteiger partial charge >= 0.3 is 5.97 Å². The second-order valence-electron chi connectivity index (χ2n) is 3.58. The molecule has 2 fully saturated rings. The molecule has 0 aromatic heterocycles. The molecule has 3 unspecified atom stereocenters. The van der Waals surface area contributed by atoms with Crippen LogP contribution in [0.5, 0.6) is 0 Å². The van der Waals surface area contributed by atoms with Crippen LogP contribution in [0.4, 0.5) is 0 Å². The fourth-order valence-corrected chi connectivity index (χ4v) is 2.23. The maximum atomic E-state index is 11.4. The van der Waals surface area contributed by atoms with Crippen LogP contribution in [-0.2, 0) is 14.3 Å². The lowest BCUT2D eigenvalue weighted by Crippen LogP contribution is -2.62. The Bertz CT molecular complexity index is 281. The molecule has 5 heteroatoms. The van der Waals surface area contributed by atoms with E-state index >= 15 is 0 Å². The van der Waals surface area contributed by atoms with Crippen LogP contribution < -0.4 is 5.32 Å². The van der Waals surface area contributed by atoms with Gasteiger partial charge in [-0.1, -0.05) is 0 Å². The minimum atomic E-state index is -0.650. The highest BCUT2D eigenvalue weighted by Crippen LogP contribution is 2.41. The first-order valence-corrected chi connectivity index (χ1v) is 4.72. The van der Waals surface area contributed by atoms with E-state index < -0.39 is 11.6 Å². The number of hydrogen-bond acceptors (Lipinski definition) is 3. The van der Waals surface area contributed by atoms with Gasteiger partial charge in [0.1, 0.15) is 0 Å². The Kier molecular flexibility index (Phi) is 1.77. The fourth-order valence-electron chi connectivity index (χ4n) is 2.02. The molecular formula is C8H10ClNO3. The maximum Gasteiger partial charge on any atom is 0.333 e. The van der Waals surface area contributed by atoms with Gasteiger partial charge in [-0.15, -0.1) is 11.6 Å². The predicted molar refractivity (Wildman–Crippen MR) is 45.3 cm³/mol. The summed E-state index contributed by atoms with van der Waals surface area (Å²) in [7, 11) is 0. The third kappa shape index (κ3) is 0.981. The van der Waals surface area contributed by atoms with E-state index in [1.165, 1.54) is 0 Å². The fraction of sp³-hybridized carbons (Fsp3) is 0.750. The number of rotatable bonds is 2. The molecule has 0 radical (unpaired) electrons. The Morgan fingerprint density at radius 2 is 2.31 bits per heavy atom. The molecule has 3 atom stereocenters. The maximum absolute atomic E-state index is 11.4. The summed E-state index contributed by atoms with van der Waals surface area (Å²) in [6.07, 6.45) is 0.549. The third-order valence-corrected chi connectivity index (χ3v) is 3.04. The molecule has 2 saturated heterocycles. The zero-order chi connectivity index (χ0) is 9.64. The second-order valence-corrected chi connectivity index (χ2v) is 3.95. The van der Waals surface area contributed by atoms with Gasteiger partial charge in [0.25, 0.3) is 0 Å². The molecular weight excluding hydrogens is 194 g/mol. The number of hydrogen-bond donors (Lipinski definition) is 1. The van der Waals surface area contributed by atoms with Crippen LogP contribution in [0.1, 0.15) is 13.3 Å². The van der Waals surface area contributed by atoms with Crippen molar-refractivity contribution in [3.63, 3.8) is 0 Å². The number of amides is 1. The summed E-state index contributed by atoms with van der Waals surface area (Å²) in [5.41, 5.74) is -0.650. The number of halogens is 1. The average molecular weight is 204 g/mol. The van der Waals surface area contributed by atoms with Gasteiger partial charge in [-0.05, 0) is 13.3 Å². The van der Waals surface area contributed by atoms with E-state index in [4.69, 9.17) is 16.3 Å². The number of alkyl halides is 1. The molecule has 2 heterocycles. The SMILES string of the molecule is CC12OC(=O)C1NC(=O)C2CCCl. The van der Waals surface area contributed by atoms with Crippen LogP contribution in [0.3, 0.4) is 0 Å². The van der Waals surface area contributed by atoms with Gasteiger partial charge in [0.15, 0.2) is 11.6 Å². The minimum absolute atomic E-state index is 0.126. The molecule has 2 aliphatic rings. The van der Waals surface area contributed by atoms with Crippen molar-refractivity contribution in [1.82, 2.24) is 5.32 Å². The number of carbonyl (C=O) groups is 2. The van der Waals surface area contributed by atoms with Crippen LogP contribution in [-0.4, -0.2) is 29.4 Å². The van der Waals surface area contributed by atoms with Crippen LogP contribution in [0.25, 0.3) is 0 Å². The Hall–Kier alpha value is -0.770. The van der Waals surface area contributed by atoms with Gasteiger partial charge in [-0.2, -0.15) is 0 Å². The number of fused-ring (bicyclic) bond motifs is 1. The van der Waals surface area contributed by atoms with E-state index in [1.807, 2.05) is 0 Å². The normalized spacial score (nSPS) is 42.0. The summed E-state index contributed by atoms with van der Waals surface area (Å²) in [6.45, 7) is 1.77. The summed E-state index contributed by atoms with van der Waals surface area (Å²) < 4.78 is 5.01. The second kappa shape index (κ2) is 2.61. The molecule has 0 aromatic rings. The van der Waals surface area contributed by atoms with Crippen molar-refractivity contribution >= 4 is 23.5 Å². The van der Waals surface area contributed by atoms with Crippen molar-refractivity contribution in [2.24, 2.45) is 5.92 Å². The van der Waals surface area contributed by atoms with Gasteiger partial charge in [0.05, 0.1) is 5.92 Å². The Labute approximate surface area is 80.6 Å². The van der Waals surface area contributed by atoms with Crippen LogP contribution in [0.2, 0.25) is 0 Å². The lowest BCUT2D eigenvalue weighted by atomic mass is 9.81. The number of carbonyl (C=O) groups excluding carboxylic acids is 2. The smallest absolute Gasteiger partial charge is 0.333 e. The number of esters is 1. The number of ether oxygens (including phenoxy) is 1. The Morgan fingerprint density at radius 1 is 1.62 bits per heavy atom. The van der Waals surface area contributed by atoms with Crippen LogP contribution in [0.15, 0.2) is 0 Å². The van der Waals surface area contributed by atoms with E-state index in [-0.39, 0.29) is 17.8 Å². The molecule has 0 bridgehead atoms. The van der Waals surface area contributed by atoms with Gasteiger partial charge in [-0.3, -0.25) is 4.79 Å². The van der Waals surface area contributed by atoms with Gasteiger partial charge in [0, 0.05) is 5.88 Å². The van der Waals surface area contributed by atoms with Crippen molar-refractivity contribution < 1.29 is 14.3 Å².